The van der Waals surface area contributed by atoms with Crippen molar-refractivity contribution in [3.63, 3.8) is 0 Å². The Morgan fingerprint density at radius 3 is 2.35 bits per heavy atom. The van der Waals surface area contributed by atoms with Crippen LogP contribution in [0.1, 0.15) is 0 Å². The molecular formula is C21H22N2O7S. The first-order valence-corrected chi connectivity index (χ1v) is 9.97. The molecule has 164 valence electrons. The molecule has 0 spiro atoms. The third-order valence-electron chi connectivity index (χ3n) is 4.33. The molecule has 9 nitrogen and oxygen atoms in total. The molecule has 1 heterocycles. The number of benzene rings is 2. The van der Waals surface area contributed by atoms with Gasteiger partial charge in [0.05, 0.1) is 38.7 Å². The molecule has 1 aromatic heterocycles. The van der Waals surface area contributed by atoms with E-state index < -0.39 is 11.9 Å². The molecule has 2 aromatic carbocycles. The highest BCUT2D eigenvalue weighted by Gasteiger charge is 2.16. The number of methoxy groups -OCH3 is 4. The number of aromatic nitrogens is 1. The van der Waals surface area contributed by atoms with Gasteiger partial charge in [0.2, 0.25) is 0 Å². The van der Waals surface area contributed by atoms with Gasteiger partial charge in [0.15, 0.2) is 22.9 Å². The van der Waals surface area contributed by atoms with Crippen LogP contribution >= 0.6 is 11.3 Å². The highest BCUT2D eigenvalue weighted by atomic mass is 32.1. The number of nitrogens with zero attached hydrogens (tertiary/aromatic N) is 2. The van der Waals surface area contributed by atoms with Crippen molar-refractivity contribution < 1.29 is 33.3 Å². The van der Waals surface area contributed by atoms with Gasteiger partial charge in [0.1, 0.15) is 18.0 Å². The van der Waals surface area contributed by atoms with Crippen LogP contribution < -0.4 is 23.7 Å². The van der Waals surface area contributed by atoms with Crippen molar-refractivity contribution in [2.45, 2.75) is 6.54 Å². The Morgan fingerprint density at radius 2 is 1.68 bits per heavy atom. The van der Waals surface area contributed by atoms with E-state index in [1.165, 1.54) is 32.7 Å². The first kappa shape index (κ1) is 22.2. The van der Waals surface area contributed by atoms with E-state index in [-0.39, 0.29) is 13.2 Å². The highest BCUT2D eigenvalue weighted by Crippen LogP contribution is 2.33. The minimum Gasteiger partial charge on any atom is -0.497 e. The fourth-order valence-electron chi connectivity index (χ4n) is 2.80. The average Bonchev–Trinajstić information content (AvgIpc) is 3.12. The highest BCUT2D eigenvalue weighted by molar-refractivity contribution is 7.16. The zero-order valence-electron chi connectivity index (χ0n) is 17.5. The molecule has 0 fully saturated rings. The van der Waals surface area contributed by atoms with Gasteiger partial charge in [-0.25, -0.2) is 0 Å². The number of carbonyl (C=O) groups excluding carboxylic acids is 2. The lowest BCUT2D eigenvalue weighted by Crippen LogP contribution is -2.23. The standard InChI is InChI=1S/C21H22N2O7S/c1-26-13-6-5-7-14(8-13)30-12-19(24)22-21-23(11-20(25)29-4)15-9-16(27-2)17(28-3)10-18(15)31-21/h5-10H,11-12H2,1-4H3. The van der Waals surface area contributed by atoms with E-state index in [2.05, 4.69) is 4.99 Å². The molecule has 1 amide bonds. The van der Waals surface area contributed by atoms with Gasteiger partial charge >= 0.3 is 5.97 Å². The van der Waals surface area contributed by atoms with Crippen LogP contribution in [0.5, 0.6) is 23.0 Å². The predicted octanol–water partition coefficient (Wildman–Crippen LogP) is 2.41. The number of ether oxygens (including phenoxy) is 5. The molecule has 0 aliphatic rings. The first-order valence-electron chi connectivity index (χ1n) is 9.15. The van der Waals surface area contributed by atoms with Crippen LogP contribution in [0, 0.1) is 0 Å². The monoisotopic (exact) mass is 446 g/mol. The van der Waals surface area contributed by atoms with Crippen LogP contribution in [0.15, 0.2) is 41.4 Å². The Hall–Kier alpha value is -3.53. The topological polar surface area (TPSA) is 97.6 Å². The molecule has 0 radical (unpaired) electrons. The summed E-state index contributed by atoms with van der Waals surface area (Å²) in [4.78, 5) is 28.9. The molecule has 0 atom stereocenters. The van der Waals surface area contributed by atoms with E-state index in [9.17, 15) is 9.59 Å². The molecular weight excluding hydrogens is 424 g/mol. The van der Waals surface area contributed by atoms with Crippen molar-refractivity contribution in [2.24, 2.45) is 4.99 Å². The molecule has 0 aliphatic heterocycles. The third kappa shape index (κ3) is 5.15. The largest absolute Gasteiger partial charge is 0.497 e. The lowest BCUT2D eigenvalue weighted by atomic mass is 10.3. The fourth-order valence-corrected chi connectivity index (χ4v) is 3.86. The van der Waals surface area contributed by atoms with Gasteiger partial charge in [0, 0.05) is 18.2 Å². The quantitative estimate of drug-likeness (QED) is 0.490. The van der Waals surface area contributed by atoms with Crippen LogP contribution in [0.3, 0.4) is 0 Å². The first-order chi connectivity index (χ1) is 15.0. The van der Waals surface area contributed by atoms with Gasteiger partial charge in [-0.15, -0.1) is 0 Å². The number of hydrogen-bond acceptors (Lipinski definition) is 8. The number of hydrogen-bond donors (Lipinski definition) is 0. The normalized spacial score (nSPS) is 11.3. The summed E-state index contributed by atoms with van der Waals surface area (Å²) in [5.41, 5.74) is 0.660. The van der Waals surface area contributed by atoms with Gasteiger partial charge in [-0.1, -0.05) is 17.4 Å². The number of fused-ring (bicyclic) bond motifs is 1. The summed E-state index contributed by atoms with van der Waals surface area (Å²) >= 11 is 1.24. The second-order valence-electron chi connectivity index (χ2n) is 6.20. The molecule has 0 aliphatic carbocycles. The van der Waals surface area contributed by atoms with E-state index in [0.29, 0.717) is 33.3 Å². The Kier molecular flexibility index (Phi) is 7.14. The van der Waals surface area contributed by atoms with Crippen molar-refractivity contribution >= 4 is 33.4 Å². The smallest absolute Gasteiger partial charge is 0.325 e. The number of rotatable bonds is 8. The van der Waals surface area contributed by atoms with Crippen LogP contribution in [-0.4, -0.2) is 51.5 Å². The Balaban J connectivity index is 1.96. The molecule has 10 heteroatoms. The van der Waals surface area contributed by atoms with E-state index in [4.69, 9.17) is 23.7 Å². The molecule has 0 N–H and O–H groups in total. The van der Waals surface area contributed by atoms with Crippen molar-refractivity contribution in [1.82, 2.24) is 4.57 Å². The van der Waals surface area contributed by atoms with Crippen LogP contribution in [-0.2, 0) is 20.9 Å². The third-order valence-corrected chi connectivity index (χ3v) is 5.37. The number of esters is 1. The van der Waals surface area contributed by atoms with Crippen molar-refractivity contribution in [3.05, 3.63) is 41.2 Å². The minimum atomic E-state index is -0.507. The van der Waals surface area contributed by atoms with Gasteiger partial charge < -0.3 is 28.3 Å². The molecule has 31 heavy (non-hydrogen) atoms. The number of amides is 1. The average molecular weight is 446 g/mol. The minimum absolute atomic E-state index is 0.116. The summed E-state index contributed by atoms with van der Waals surface area (Å²) in [6.45, 7) is -0.388. The summed E-state index contributed by atoms with van der Waals surface area (Å²) < 4.78 is 28.5. The maximum absolute atomic E-state index is 12.5. The molecule has 3 aromatic rings. The predicted molar refractivity (Wildman–Crippen MR) is 114 cm³/mol. The molecule has 3 rings (SSSR count). The maximum Gasteiger partial charge on any atom is 0.325 e. The van der Waals surface area contributed by atoms with Crippen LogP contribution in [0.25, 0.3) is 10.2 Å². The summed E-state index contributed by atoms with van der Waals surface area (Å²) in [6, 6.07) is 10.4. The second kappa shape index (κ2) is 9.98. The van der Waals surface area contributed by atoms with E-state index in [1.807, 2.05) is 0 Å². The van der Waals surface area contributed by atoms with Gasteiger partial charge in [0.25, 0.3) is 5.91 Å². The Labute approximate surface area is 182 Å². The summed E-state index contributed by atoms with van der Waals surface area (Å²) in [5, 5.41) is 0. The van der Waals surface area contributed by atoms with Crippen molar-refractivity contribution in [3.8, 4) is 23.0 Å². The van der Waals surface area contributed by atoms with Crippen molar-refractivity contribution in [2.75, 3.05) is 35.0 Å². The molecule has 0 unspecified atom stereocenters. The lowest BCUT2D eigenvalue weighted by Gasteiger charge is -2.09. The summed E-state index contributed by atoms with van der Waals surface area (Å²) in [7, 11) is 5.89. The molecule has 0 saturated heterocycles. The second-order valence-corrected chi connectivity index (χ2v) is 7.20. The number of carbonyl (C=O) groups is 2. The fraction of sp³-hybridized carbons (Fsp3) is 0.286. The zero-order chi connectivity index (χ0) is 22.4. The molecule has 0 saturated carbocycles. The van der Waals surface area contributed by atoms with E-state index >= 15 is 0 Å². The maximum atomic E-state index is 12.5. The van der Waals surface area contributed by atoms with Crippen LogP contribution in [0.2, 0.25) is 0 Å². The van der Waals surface area contributed by atoms with Gasteiger partial charge in [-0.05, 0) is 12.1 Å². The van der Waals surface area contributed by atoms with E-state index in [1.54, 1.807) is 48.1 Å². The molecule has 0 bridgehead atoms. The summed E-state index contributed by atoms with van der Waals surface area (Å²) in [5.74, 6) is 1.13. The lowest BCUT2D eigenvalue weighted by molar-refractivity contribution is -0.141. The van der Waals surface area contributed by atoms with Gasteiger partial charge in [-0.3, -0.25) is 9.59 Å². The van der Waals surface area contributed by atoms with Crippen molar-refractivity contribution in [1.29, 1.82) is 0 Å². The van der Waals surface area contributed by atoms with E-state index in [0.717, 1.165) is 4.70 Å². The zero-order valence-corrected chi connectivity index (χ0v) is 18.4. The SMILES string of the molecule is COC(=O)Cn1c(=NC(=O)COc2cccc(OC)c2)sc2cc(OC)c(OC)cc21. The summed E-state index contributed by atoms with van der Waals surface area (Å²) in [6.07, 6.45) is 0. The Morgan fingerprint density at radius 1 is 0.968 bits per heavy atom. The Bertz CT molecular complexity index is 1170. The number of thiazole rings is 1. The van der Waals surface area contributed by atoms with Crippen LogP contribution in [0.4, 0.5) is 0 Å². The van der Waals surface area contributed by atoms with Gasteiger partial charge in [-0.2, -0.15) is 4.99 Å².